The van der Waals surface area contributed by atoms with Crippen molar-refractivity contribution in [2.75, 3.05) is 23.9 Å². The standard InChI is InChI=1S/C23H20N6O4/c1-33-16-8-6-15(7-9-16)28-12-14(10-20(28)30)22(31)27-18-4-2-3-5-19(18)29-21-17(11-26-29)23(32)25-13-24-21/h2-9,11,13-14H,10,12H2,1H3,(H,27,31)(H,24,25,32). The van der Waals surface area contributed by atoms with Crippen LogP contribution in [0.5, 0.6) is 5.75 Å². The van der Waals surface area contributed by atoms with Gasteiger partial charge < -0.3 is 19.9 Å². The summed E-state index contributed by atoms with van der Waals surface area (Å²) in [6, 6.07) is 14.2. The SMILES string of the molecule is COc1ccc(N2CC(C(=O)Nc3ccccc3-n3ncc4c(=O)[nH]cnc43)CC2=O)cc1. The number of aromatic nitrogens is 4. The molecule has 1 saturated heterocycles. The van der Waals surface area contributed by atoms with Gasteiger partial charge in [0.05, 0.1) is 36.9 Å². The van der Waals surface area contributed by atoms with Gasteiger partial charge >= 0.3 is 0 Å². The molecule has 166 valence electrons. The van der Waals surface area contributed by atoms with Gasteiger partial charge in [0.1, 0.15) is 11.1 Å². The molecule has 4 aromatic rings. The van der Waals surface area contributed by atoms with Crippen molar-refractivity contribution in [2.45, 2.75) is 6.42 Å². The number of amides is 2. The lowest BCUT2D eigenvalue weighted by Gasteiger charge is -2.17. The van der Waals surface area contributed by atoms with E-state index in [9.17, 15) is 14.4 Å². The molecule has 10 heteroatoms. The third-order valence-electron chi connectivity index (χ3n) is 5.64. The van der Waals surface area contributed by atoms with Crippen LogP contribution in [0.15, 0.2) is 65.8 Å². The fourth-order valence-corrected chi connectivity index (χ4v) is 3.93. The molecule has 3 heterocycles. The van der Waals surface area contributed by atoms with Crippen LogP contribution < -0.4 is 20.5 Å². The fraction of sp³-hybridized carbons (Fsp3) is 0.174. The van der Waals surface area contributed by atoms with Crippen molar-refractivity contribution in [3.05, 3.63) is 71.4 Å². The monoisotopic (exact) mass is 444 g/mol. The molecule has 1 atom stereocenters. The van der Waals surface area contributed by atoms with Gasteiger partial charge in [-0.25, -0.2) is 9.67 Å². The Labute approximate surface area is 187 Å². The number of hydrogen-bond donors (Lipinski definition) is 2. The smallest absolute Gasteiger partial charge is 0.261 e. The first-order valence-corrected chi connectivity index (χ1v) is 10.3. The molecule has 5 rings (SSSR count). The largest absolute Gasteiger partial charge is 0.497 e. The third-order valence-corrected chi connectivity index (χ3v) is 5.64. The lowest BCUT2D eigenvalue weighted by atomic mass is 10.1. The van der Waals surface area contributed by atoms with Crippen molar-refractivity contribution in [3.63, 3.8) is 0 Å². The highest BCUT2D eigenvalue weighted by Crippen LogP contribution is 2.29. The molecule has 1 unspecified atom stereocenters. The minimum Gasteiger partial charge on any atom is -0.497 e. The van der Waals surface area contributed by atoms with Crippen LogP contribution in [0.3, 0.4) is 0 Å². The molecule has 0 bridgehead atoms. The van der Waals surface area contributed by atoms with Crippen LogP contribution in [-0.4, -0.2) is 45.2 Å². The average Bonchev–Trinajstić information content (AvgIpc) is 3.44. The Hall–Kier alpha value is -4.47. The van der Waals surface area contributed by atoms with Crippen LogP contribution in [0.4, 0.5) is 11.4 Å². The molecule has 2 amide bonds. The zero-order chi connectivity index (χ0) is 22.9. The van der Waals surface area contributed by atoms with Gasteiger partial charge in [-0.2, -0.15) is 5.10 Å². The second-order valence-corrected chi connectivity index (χ2v) is 7.64. The van der Waals surface area contributed by atoms with Gasteiger partial charge in [0, 0.05) is 18.7 Å². The number of rotatable bonds is 5. The summed E-state index contributed by atoms with van der Waals surface area (Å²) in [7, 11) is 1.58. The molecule has 33 heavy (non-hydrogen) atoms. The first-order chi connectivity index (χ1) is 16.0. The van der Waals surface area contributed by atoms with Crippen molar-refractivity contribution < 1.29 is 14.3 Å². The lowest BCUT2D eigenvalue weighted by Crippen LogP contribution is -2.28. The summed E-state index contributed by atoms with van der Waals surface area (Å²) in [5.74, 6) is -0.203. The summed E-state index contributed by atoms with van der Waals surface area (Å²) >= 11 is 0. The van der Waals surface area contributed by atoms with Crippen LogP contribution in [0.1, 0.15) is 6.42 Å². The number of nitrogens with one attached hydrogen (secondary N) is 2. The number of anilines is 2. The highest BCUT2D eigenvalue weighted by molar-refractivity contribution is 6.04. The summed E-state index contributed by atoms with van der Waals surface area (Å²) in [6.45, 7) is 0.279. The van der Waals surface area contributed by atoms with E-state index in [0.717, 1.165) is 5.69 Å². The number of hydrogen-bond acceptors (Lipinski definition) is 6. The van der Waals surface area contributed by atoms with E-state index in [1.54, 1.807) is 60.5 Å². The molecular formula is C23H20N6O4. The molecule has 0 saturated carbocycles. The zero-order valence-corrected chi connectivity index (χ0v) is 17.7. The molecule has 10 nitrogen and oxygen atoms in total. The normalized spacial score (nSPS) is 15.7. The van der Waals surface area contributed by atoms with E-state index < -0.39 is 5.92 Å². The number of para-hydroxylation sites is 2. The van der Waals surface area contributed by atoms with Crippen molar-refractivity contribution >= 4 is 34.2 Å². The molecule has 0 radical (unpaired) electrons. The number of benzene rings is 2. The number of H-pyrrole nitrogens is 1. The van der Waals surface area contributed by atoms with Gasteiger partial charge in [0.2, 0.25) is 11.8 Å². The Morgan fingerprint density at radius 1 is 1.15 bits per heavy atom. The van der Waals surface area contributed by atoms with Crippen molar-refractivity contribution in [2.24, 2.45) is 5.92 Å². The van der Waals surface area contributed by atoms with Crippen LogP contribution in [-0.2, 0) is 9.59 Å². The minimum absolute atomic E-state index is 0.113. The van der Waals surface area contributed by atoms with Gasteiger partial charge in [-0.05, 0) is 36.4 Å². The molecule has 1 aliphatic rings. The van der Waals surface area contributed by atoms with Crippen molar-refractivity contribution in [1.29, 1.82) is 0 Å². The third kappa shape index (κ3) is 3.71. The number of fused-ring (bicyclic) bond motifs is 1. The Bertz CT molecular complexity index is 1410. The highest BCUT2D eigenvalue weighted by atomic mass is 16.5. The molecule has 2 aromatic heterocycles. The van der Waals surface area contributed by atoms with Crippen LogP contribution in [0, 0.1) is 5.92 Å². The van der Waals surface area contributed by atoms with Crippen LogP contribution >= 0.6 is 0 Å². The van der Waals surface area contributed by atoms with Gasteiger partial charge in [-0.15, -0.1) is 0 Å². The Morgan fingerprint density at radius 3 is 2.73 bits per heavy atom. The first kappa shape index (κ1) is 20.4. The van der Waals surface area contributed by atoms with Crippen LogP contribution in [0.2, 0.25) is 0 Å². The summed E-state index contributed by atoms with van der Waals surface area (Å²) < 4.78 is 6.66. The predicted molar refractivity (Wildman–Crippen MR) is 122 cm³/mol. The fourth-order valence-electron chi connectivity index (χ4n) is 3.93. The zero-order valence-electron chi connectivity index (χ0n) is 17.7. The van der Waals surface area contributed by atoms with Gasteiger partial charge in [0.25, 0.3) is 5.56 Å². The number of carbonyl (C=O) groups is 2. The molecule has 1 fully saturated rings. The van der Waals surface area contributed by atoms with E-state index in [4.69, 9.17) is 4.74 Å². The van der Waals surface area contributed by atoms with Crippen molar-refractivity contribution in [3.8, 4) is 11.4 Å². The minimum atomic E-state index is -0.511. The Morgan fingerprint density at radius 2 is 1.94 bits per heavy atom. The van der Waals surface area contributed by atoms with Gasteiger partial charge in [-0.3, -0.25) is 14.4 Å². The quantitative estimate of drug-likeness (QED) is 0.486. The number of nitrogens with zero attached hydrogens (tertiary/aromatic N) is 4. The van der Waals surface area contributed by atoms with E-state index in [1.807, 2.05) is 0 Å². The van der Waals surface area contributed by atoms with Gasteiger partial charge in [-0.1, -0.05) is 12.1 Å². The Balaban J connectivity index is 1.38. The molecule has 1 aliphatic heterocycles. The molecular weight excluding hydrogens is 424 g/mol. The number of ether oxygens (including phenoxy) is 1. The van der Waals surface area contributed by atoms with Gasteiger partial charge in [0.15, 0.2) is 5.65 Å². The van der Waals surface area contributed by atoms with E-state index >= 15 is 0 Å². The second-order valence-electron chi connectivity index (χ2n) is 7.64. The van der Waals surface area contributed by atoms with E-state index in [1.165, 1.54) is 17.2 Å². The predicted octanol–water partition coefficient (Wildman–Crippen LogP) is 2.11. The maximum Gasteiger partial charge on any atom is 0.261 e. The molecule has 0 spiro atoms. The number of aromatic amines is 1. The summed E-state index contributed by atoms with van der Waals surface area (Å²) in [6.07, 6.45) is 2.85. The summed E-state index contributed by atoms with van der Waals surface area (Å²) in [5, 5.41) is 7.54. The number of carbonyl (C=O) groups excluding carboxylic acids is 2. The van der Waals surface area contributed by atoms with Crippen LogP contribution in [0.25, 0.3) is 16.7 Å². The summed E-state index contributed by atoms with van der Waals surface area (Å²) in [4.78, 5) is 46.0. The Kier molecular flexibility index (Phi) is 5.09. The molecule has 2 N–H and O–H groups in total. The maximum absolute atomic E-state index is 13.1. The van der Waals surface area contributed by atoms with Crippen molar-refractivity contribution in [1.82, 2.24) is 19.7 Å². The first-order valence-electron chi connectivity index (χ1n) is 10.3. The number of methoxy groups -OCH3 is 1. The maximum atomic E-state index is 13.1. The average molecular weight is 444 g/mol. The highest BCUT2D eigenvalue weighted by Gasteiger charge is 2.35. The van der Waals surface area contributed by atoms with E-state index in [2.05, 4.69) is 20.4 Å². The topological polar surface area (TPSA) is 122 Å². The second kappa shape index (κ2) is 8.23. The van der Waals surface area contributed by atoms with E-state index in [0.29, 0.717) is 28.2 Å². The summed E-state index contributed by atoms with van der Waals surface area (Å²) in [5.41, 5.74) is 1.87. The molecule has 0 aliphatic carbocycles. The molecule has 2 aromatic carbocycles. The lowest BCUT2D eigenvalue weighted by molar-refractivity contribution is -0.122. The van der Waals surface area contributed by atoms with E-state index in [-0.39, 0.29) is 30.3 Å².